The molecule has 0 radical (unpaired) electrons. The molecule has 0 saturated heterocycles. The minimum absolute atomic E-state index is 0.0144. The van der Waals surface area contributed by atoms with E-state index < -0.39 is 20.0 Å². The number of benzene rings is 2. The van der Waals surface area contributed by atoms with E-state index in [9.17, 15) is 16.8 Å². The van der Waals surface area contributed by atoms with Crippen LogP contribution in [0.3, 0.4) is 0 Å². The molecule has 1 fully saturated rings. The fraction of sp³-hybridized carbons (Fsp3) is 0.333. The lowest BCUT2D eigenvalue weighted by Gasteiger charge is -2.10. The van der Waals surface area contributed by atoms with Gasteiger partial charge in [-0.05, 0) is 67.6 Å². The second-order valence-electron chi connectivity index (χ2n) is 6.46. The van der Waals surface area contributed by atoms with Crippen LogP contribution in [0.25, 0.3) is 0 Å². The van der Waals surface area contributed by atoms with Gasteiger partial charge in [0, 0.05) is 17.6 Å². The zero-order valence-corrected chi connectivity index (χ0v) is 16.9. The Kier molecular flexibility index (Phi) is 6.10. The van der Waals surface area contributed by atoms with Crippen molar-refractivity contribution in [3.63, 3.8) is 0 Å². The number of hydrogen-bond acceptors (Lipinski definition) is 4. The number of sulfonamides is 2. The third-order valence-electron chi connectivity index (χ3n) is 4.15. The molecular formula is C18H21ClN2O4S2. The fourth-order valence-corrected chi connectivity index (χ4v) is 5.01. The molecule has 2 aromatic carbocycles. The van der Waals surface area contributed by atoms with Crippen LogP contribution in [0, 0.1) is 0 Å². The number of halogens is 1. The maximum Gasteiger partial charge on any atom is 0.261 e. The van der Waals surface area contributed by atoms with E-state index in [4.69, 9.17) is 11.6 Å². The number of nitrogens with one attached hydrogen (secondary N) is 2. The lowest BCUT2D eigenvalue weighted by molar-refractivity contribution is 0.581. The zero-order valence-electron chi connectivity index (χ0n) is 14.6. The molecule has 27 heavy (non-hydrogen) atoms. The standard InChI is InChI=1S/C18H21ClN2O4S2/c19-13-1-2-14-3-9-17(10-4-14)26(22,23)21-16-7-11-18(12-8-16)27(24,25)20-15-5-6-15/h3-4,7-12,15,20-21H,1-2,5-6,13H2. The Morgan fingerprint density at radius 1 is 0.852 bits per heavy atom. The molecule has 9 heteroatoms. The predicted molar refractivity (Wildman–Crippen MR) is 106 cm³/mol. The summed E-state index contributed by atoms with van der Waals surface area (Å²) in [5, 5.41) is 0. The van der Waals surface area contributed by atoms with Crippen LogP contribution in [0.2, 0.25) is 0 Å². The van der Waals surface area contributed by atoms with Gasteiger partial charge in [0.1, 0.15) is 0 Å². The van der Waals surface area contributed by atoms with E-state index in [1.807, 2.05) is 0 Å². The highest BCUT2D eigenvalue weighted by Gasteiger charge is 2.27. The molecule has 1 saturated carbocycles. The second-order valence-corrected chi connectivity index (χ2v) is 10.2. The first-order valence-electron chi connectivity index (χ1n) is 8.60. The van der Waals surface area contributed by atoms with Gasteiger partial charge < -0.3 is 0 Å². The Morgan fingerprint density at radius 2 is 1.41 bits per heavy atom. The number of hydrogen-bond donors (Lipinski definition) is 2. The van der Waals surface area contributed by atoms with Gasteiger partial charge in [0.25, 0.3) is 10.0 Å². The largest absolute Gasteiger partial charge is 0.280 e. The monoisotopic (exact) mass is 428 g/mol. The predicted octanol–water partition coefficient (Wildman–Crippen LogP) is 3.10. The Bertz CT molecular complexity index is 985. The molecule has 0 spiro atoms. The van der Waals surface area contributed by atoms with Crippen LogP contribution in [-0.4, -0.2) is 28.8 Å². The molecule has 1 aliphatic carbocycles. The van der Waals surface area contributed by atoms with Crippen molar-refractivity contribution in [2.75, 3.05) is 10.6 Å². The summed E-state index contributed by atoms with van der Waals surface area (Å²) in [4.78, 5) is 0.255. The topological polar surface area (TPSA) is 92.3 Å². The number of aryl methyl sites for hydroxylation is 1. The molecular weight excluding hydrogens is 408 g/mol. The van der Waals surface area contributed by atoms with Crippen LogP contribution < -0.4 is 9.44 Å². The number of rotatable bonds is 9. The average Bonchev–Trinajstić information content (AvgIpc) is 3.44. The highest BCUT2D eigenvalue weighted by molar-refractivity contribution is 7.92. The van der Waals surface area contributed by atoms with E-state index in [0.29, 0.717) is 11.6 Å². The van der Waals surface area contributed by atoms with Crippen LogP contribution in [0.1, 0.15) is 24.8 Å². The van der Waals surface area contributed by atoms with Crippen LogP contribution in [0.15, 0.2) is 58.3 Å². The first kappa shape index (κ1) is 20.1. The van der Waals surface area contributed by atoms with Crippen molar-refractivity contribution < 1.29 is 16.8 Å². The molecule has 0 aromatic heterocycles. The van der Waals surface area contributed by atoms with Gasteiger partial charge in [0.05, 0.1) is 9.79 Å². The summed E-state index contributed by atoms with van der Waals surface area (Å²) < 4.78 is 54.3. The van der Waals surface area contributed by atoms with Gasteiger partial charge >= 0.3 is 0 Å². The first-order chi connectivity index (χ1) is 12.8. The van der Waals surface area contributed by atoms with Crippen molar-refractivity contribution in [2.45, 2.75) is 41.5 Å². The minimum atomic E-state index is -3.75. The highest BCUT2D eigenvalue weighted by atomic mass is 35.5. The van der Waals surface area contributed by atoms with Crippen molar-refractivity contribution in [1.29, 1.82) is 0 Å². The van der Waals surface area contributed by atoms with Gasteiger partial charge in [-0.2, -0.15) is 0 Å². The summed E-state index contributed by atoms with van der Waals surface area (Å²) in [7, 11) is -7.31. The fourth-order valence-electron chi connectivity index (χ4n) is 2.51. The molecule has 146 valence electrons. The van der Waals surface area contributed by atoms with Gasteiger partial charge in [-0.15, -0.1) is 11.6 Å². The Morgan fingerprint density at radius 3 is 1.96 bits per heavy atom. The molecule has 2 N–H and O–H groups in total. The molecule has 0 bridgehead atoms. The van der Waals surface area contributed by atoms with E-state index in [-0.39, 0.29) is 15.8 Å². The Labute approximate surface area is 165 Å². The maximum atomic E-state index is 12.5. The van der Waals surface area contributed by atoms with Crippen molar-refractivity contribution in [3.8, 4) is 0 Å². The average molecular weight is 429 g/mol. The molecule has 2 aromatic rings. The molecule has 0 amide bonds. The SMILES string of the molecule is O=S(=O)(Nc1ccc(S(=O)(=O)NC2CC2)cc1)c1ccc(CCCCl)cc1. The first-order valence-corrected chi connectivity index (χ1v) is 12.1. The van der Waals surface area contributed by atoms with Gasteiger partial charge in [-0.1, -0.05) is 12.1 Å². The maximum absolute atomic E-state index is 12.5. The summed E-state index contributed by atoms with van der Waals surface area (Å²) in [5.41, 5.74) is 1.32. The quantitative estimate of drug-likeness (QED) is 0.600. The molecule has 3 rings (SSSR count). The Balaban J connectivity index is 1.70. The zero-order chi connectivity index (χ0) is 19.5. The number of anilines is 1. The van der Waals surface area contributed by atoms with Gasteiger partial charge in [-0.3, -0.25) is 4.72 Å². The van der Waals surface area contributed by atoms with Crippen molar-refractivity contribution in [3.05, 3.63) is 54.1 Å². The summed E-state index contributed by atoms with van der Waals surface area (Å²) >= 11 is 5.67. The third kappa shape index (κ3) is 5.44. The molecule has 0 atom stereocenters. The Hall–Kier alpha value is -1.61. The summed E-state index contributed by atoms with van der Waals surface area (Å²) in [6.07, 6.45) is 3.32. The molecule has 0 heterocycles. The summed E-state index contributed by atoms with van der Waals surface area (Å²) in [6.45, 7) is 0. The normalized spacial score (nSPS) is 14.9. The lowest BCUT2D eigenvalue weighted by atomic mass is 10.1. The van der Waals surface area contributed by atoms with Crippen LogP contribution in [0.4, 0.5) is 5.69 Å². The van der Waals surface area contributed by atoms with E-state index in [0.717, 1.165) is 31.2 Å². The van der Waals surface area contributed by atoms with E-state index in [1.54, 1.807) is 24.3 Å². The number of alkyl halides is 1. The minimum Gasteiger partial charge on any atom is -0.280 e. The lowest BCUT2D eigenvalue weighted by Crippen LogP contribution is -2.25. The van der Waals surface area contributed by atoms with Crippen LogP contribution in [-0.2, 0) is 26.5 Å². The van der Waals surface area contributed by atoms with Crippen LogP contribution in [0.5, 0.6) is 0 Å². The van der Waals surface area contributed by atoms with Crippen LogP contribution >= 0.6 is 11.6 Å². The van der Waals surface area contributed by atoms with Gasteiger partial charge in [0.15, 0.2) is 0 Å². The van der Waals surface area contributed by atoms with Crippen molar-refractivity contribution in [1.82, 2.24) is 4.72 Å². The molecule has 0 aliphatic heterocycles. The highest BCUT2D eigenvalue weighted by Crippen LogP contribution is 2.23. The van der Waals surface area contributed by atoms with Crippen molar-refractivity contribution >= 4 is 37.3 Å². The smallest absolute Gasteiger partial charge is 0.261 e. The summed E-state index contributed by atoms with van der Waals surface area (Å²) in [5.74, 6) is 0.559. The van der Waals surface area contributed by atoms with Gasteiger partial charge in [-0.25, -0.2) is 21.6 Å². The second kappa shape index (κ2) is 8.18. The van der Waals surface area contributed by atoms with E-state index >= 15 is 0 Å². The molecule has 6 nitrogen and oxygen atoms in total. The molecule has 1 aliphatic rings. The van der Waals surface area contributed by atoms with E-state index in [1.165, 1.54) is 24.3 Å². The third-order valence-corrected chi connectivity index (χ3v) is 7.35. The van der Waals surface area contributed by atoms with Gasteiger partial charge in [0.2, 0.25) is 10.0 Å². The van der Waals surface area contributed by atoms with Crippen molar-refractivity contribution in [2.24, 2.45) is 0 Å². The van der Waals surface area contributed by atoms with E-state index in [2.05, 4.69) is 9.44 Å². The summed E-state index contributed by atoms with van der Waals surface area (Å²) in [6, 6.07) is 12.3. The molecule has 0 unspecified atom stereocenters.